The van der Waals surface area contributed by atoms with Crippen LogP contribution in [0.1, 0.15) is 90.5 Å². The summed E-state index contributed by atoms with van der Waals surface area (Å²) in [5.74, 6) is 0.196. The normalized spacial score (nSPS) is 27.7. The van der Waals surface area contributed by atoms with E-state index in [1.807, 2.05) is 4.90 Å². The SMILES string of the molecule is CC(C)N1CCC(C(=O)N2CCC(CN3C(=O)OCC3(C)C)(C3CCCCC3)CC2)C(c2ccc(F)c(Cl)c2)C1. The number of carbonyl (C=O) groups excluding carboxylic acids is 2. The van der Waals surface area contributed by atoms with Crippen LogP contribution in [0.5, 0.6) is 0 Å². The van der Waals surface area contributed by atoms with Gasteiger partial charge in [0.2, 0.25) is 5.91 Å². The zero-order chi connectivity index (χ0) is 28.7. The highest BCUT2D eigenvalue weighted by Crippen LogP contribution is 2.48. The summed E-state index contributed by atoms with van der Waals surface area (Å²) in [6, 6.07) is 5.32. The van der Waals surface area contributed by atoms with E-state index in [1.54, 1.807) is 12.1 Å². The molecule has 4 fully saturated rings. The van der Waals surface area contributed by atoms with Gasteiger partial charge in [-0.1, -0.05) is 36.9 Å². The summed E-state index contributed by atoms with van der Waals surface area (Å²) in [7, 11) is 0. The van der Waals surface area contributed by atoms with Gasteiger partial charge in [0, 0.05) is 44.1 Å². The first-order valence-corrected chi connectivity index (χ1v) is 15.8. The Kier molecular flexibility index (Phi) is 8.73. The molecule has 2 unspecified atom stereocenters. The van der Waals surface area contributed by atoms with Crippen LogP contribution < -0.4 is 0 Å². The lowest BCUT2D eigenvalue weighted by Gasteiger charge is -2.51. The zero-order valence-corrected chi connectivity index (χ0v) is 25.5. The maximum atomic E-state index is 14.2. The average Bonchev–Trinajstić information content (AvgIpc) is 3.21. The Balaban J connectivity index is 1.34. The lowest BCUT2D eigenvalue weighted by Crippen LogP contribution is -2.56. The van der Waals surface area contributed by atoms with Gasteiger partial charge in [0.05, 0.1) is 10.6 Å². The Hall–Kier alpha value is -1.86. The maximum Gasteiger partial charge on any atom is 0.410 e. The van der Waals surface area contributed by atoms with Gasteiger partial charge in [0.15, 0.2) is 0 Å². The van der Waals surface area contributed by atoms with Crippen LogP contribution in [-0.2, 0) is 9.53 Å². The van der Waals surface area contributed by atoms with Crippen LogP contribution in [0.4, 0.5) is 9.18 Å². The van der Waals surface area contributed by atoms with Gasteiger partial charge in [-0.05, 0) is 95.4 Å². The van der Waals surface area contributed by atoms with Crippen molar-refractivity contribution in [1.82, 2.24) is 14.7 Å². The van der Waals surface area contributed by atoms with Crippen molar-refractivity contribution < 1.29 is 18.7 Å². The number of ether oxygens (including phenoxy) is 1. The van der Waals surface area contributed by atoms with E-state index in [4.69, 9.17) is 16.3 Å². The number of amides is 2. The van der Waals surface area contributed by atoms with Crippen molar-refractivity contribution in [2.45, 2.75) is 96.6 Å². The standard InChI is InChI=1S/C32H47ClFN3O3/c1-22(2)36-15-12-25(26(19-36)23-10-11-28(34)27(33)18-23)29(38)35-16-13-32(14-17-35,24-8-6-5-7-9-24)20-37-30(39)40-21-31(37,3)4/h10-11,18,22,24-26H,5-9,12-17,19-21H2,1-4H3. The summed E-state index contributed by atoms with van der Waals surface area (Å²) in [5.41, 5.74) is 0.654. The van der Waals surface area contributed by atoms with E-state index < -0.39 is 5.82 Å². The molecule has 0 radical (unpaired) electrons. The second-order valence-corrected chi connectivity index (χ2v) is 14.1. The van der Waals surface area contributed by atoms with Crippen LogP contribution in [0.15, 0.2) is 18.2 Å². The van der Waals surface area contributed by atoms with Gasteiger partial charge in [-0.25, -0.2) is 9.18 Å². The molecule has 2 amide bonds. The van der Waals surface area contributed by atoms with Crippen molar-refractivity contribution >= 4 is 23.6 Å². The fraction of sp³-hybridized carbons (Fsp3) is 0.750. The third-order valence-corrected chi connectivity index (χ3v) is 10.9. The van der Waals surface area contributed by atoms with E-state index in [-0.39, 0.29) is 39.8 Å². The number of cyclic esters (lactones) is 1. The molecule has 6 nitrogen and oxygen atoms in total. The van der Waals surface area contributed by atoms with Crippen LogP contribution in [0.25, 0.3) is 0 Å². The molecule has 3 aliphatic heterocycles. The highest BCUT2D eigenvalue weighted by Gasteiger charge is 2.50. The van der Waals surface area contributed by atoms with Crippen molar-refractivity contribution in [3.63, 3.8) is 0 Å². The van der Waals surface area contributed by atoms with Gasteiger partial charge in [0.1, 0.15) is 12.4 Å². The van der Waals surface area contributed by atoms with Crippen molar-refractivity contribution in [3.8, 4) is 0 Å². The molecule has 5 rings (SSSR count). The summed E-state index contributed by atoms with van der Waals surface area (Å²) >= 11 is 6.19. The third-order valence-electron chi connectivity index (χ3n) is 10.6. The number of nitrogens with zero attached hydrogens (tertiary/aromatic N) is 3. The Bertz CT molecular complexity index is 1080. The number of carbonyl (C=O) groups is 2. The van der Waals surface area contributed by atoms with Gasteiger partial charge < -0.3 is 14.5 Å². The minimum Gasteiger partial charge on any atom is -0.447 e. The van der Waals surface area contributed by atoms with E-state index >= 15 is 0 Å². The fourth-order valence-electron chi connectivity index (χ4n) is 7.87. The highest BCUT2D eigenvalue weighted by atomic mass is 35.5. The van der Waals surface area contributed by atoms with Gasteiger partial charge in [0.25, 0.3) is 0 Å². The van der Waals surface area contributed by atoms with Crippen LogP contribution >= 0.6 is 11.6 Å². The maximum absolute atomic E-state index is 14.2. The first-order chi connectivity index (χ1) is 19.0. The summed E-state index contributed by atoms with van der Waals surface area (Å²) in [4.78, 5) is 33.4. The molecule has 222 valence electrons. The van der Waals surface area contributed by atoms with E-state index in [9.17, 15) is 14.0 Å². The molecule has 4 aliphatic rings. The molecule has 1 aromatic rings. The Labute approximate surface area is 244 Å². The van der Waals surface area contributed by atoms with Crippen LogP contribution in [0, 0.1) is 23.1 Å². The second-order valence-electron chi connectivity index (χ2n) is 13.7. The molecule has 3 heterocycles. The molecule has 3 saturated heterocycles. The monoisotopic (exact) mass is 575 g/mol. The number of likely N-dealkylation sites (tertiary alicyclic amines) is 2. The Morgan fingerprint density at radius 1 is 1.10 bits per heavy atom. The molecule has 0 N–H and O–H groups in total. The summed E-state index contributed by atoms with van der Waals surface area (Å²) in [6.07, 6.45) is 8.63. The molecule has 8 heteroatoms. The van der Waals surface area contributed by atoms with Gasteiger partial charge >= 0.3 is 6.09 Å². The predicted octanol–water partition coefficient (Wildman–Crippen LogP) is 6.71. The van der Waals surface area contributed by atoms with Crippen molar-refractivity contribution in [1.29, 1.82) is 0 Å². The first kappa shape index (κ1) is 29.6. The summed E-state index contributed by atoms with van der Waals surface area (Å²) < 4.78 is 19.5. The van der Waals surface area contributed by atoms with Crippen molar-refractivity contribution in [2.75, 3.05) is 39.3 Å². The lowest BCUT2D eigenvalue weighted by molar-refractivity contribution is -0.142. The molecular formula is C32H47ClFN3O3. The number of rotatable bonds is 6. The molecule has 40 heavy (non-hydrogen) atoms. The van der Waals surface area contributed by atoms with E-state index in [1.165, 1.54) is 38.2 Å². The fourth-order valence-corrected chi connectivity index (χ4v) is 8.06. The largest absolute Gasteiger partial charge is 0.447 e. The lowest BCUT2D eigenvalue weighted by atomic mass is 9.63. The van der Waals surface area contributed by atoms with E-state index in [2.05, 4.69) is 37.5 Å². The van der Waals surface area contributed by atoms with E-state index in [0.717, 1.165) is 57.5 Å². The molecule has 0 aromatic heterocycles. The zero-order valence-electron chi connectivity index (χ0n) is 24.8. The van der Waals surface area contributed by atoms with Gasteiger partial charge in [-0.15, -0.1) is 0 Å². The number of piperidine rings is 2. The molecular weight excluding hydrogens is 529 g/mol. The minimum atomic E-state index is -0.426. The van der Waals surface area contributed by atoms with Crippen molar-refractivity contribution in [3.05, 3.63) is 34.6 Å². The molecule has 1 aliphatic carbocycles. The van der Waals surface area contributed by atoms with Gasteiger partial charge in [-0.2, -0.15) is 0 Å². The van der Waals surface area contributed by atoms with Crippen LogP contribution in [0.2, 0.25) is 5.02 Å². The third kappa shape index (κ3) is 5.88. The van der Waals surface area contributed by atoms with Crippen molar-refractivity contribution in [2.24, 2.45) is 17.3 Å². The van der Waals surface area contributed by atoms with E-state index in [0.29, 0.717) is 18.6 Å². The minimum absolute atomic E-state index is 0.0166. The second kappa shape index (κ2) is 11.8. The summed E-state index contributed by atoms with van der Waals surface area (Å²) in [6.45, 7) is 12.8. The van der Waals surface area contributed by atoms with Crippen LogP contribution in [-0.4, -0.2) is 77.6 Å². The molecule has 0 bridgehead atoms. The number of hydrogen-bond donors (Lipinski definition) is 0. The molecule has 1 aromatic carbocycles. The molecule has 0 spiro atoms. The number of halogens is 2. The quantitative estimate of drug-likeness (QED) is 0.378. The highest BCUT2D eigenvalue weighted by molar-refractivity contribution is 6.30. The smallest absolute Gasteiger partial charge is 0.410 e. The molecule has 1 saturated carbocycles. The predicted molar refractivity (Wildman–Crippen MR) is 156 cm³/mol. The Morgan fingerprint density at radius 2 is 1.80 bits per heavy atom. The average molecular weight is 576 g/mol. The number of hydrogen-bond acceptors (Lipinski definition) is 4. The Morgan fingerprint density at radius 3 is 2.40 bits per heavy atom. The topological polar surface area (TPSA) is 53.1 Å². The van der Waals surface area contributed by atoms with Crippen LogP contribution in [0.3, 0.4) is 0 Å². The molecule has 2 atom stereocenters. The first-order valence-electron chi connectivity index (χ1n) is 15.4. The number of benzene rings is 1. The van der Waals surface area contributed by atoms with Gasteiger partial charge in [-0.3, -0.25) is 9.69 Å². The summed E-state index contributed by atoms with van der Waals surface area (Å²) in [5, 5.41) is 0.115.